The molecule has 0 amide bonds. The average molecular weight is 312 g/mol. The highest BCUT2D eigenvalue weighted by Crippen LogP contribution is 2.38. The highest BCUT2D eigenvalue weighted by molar-refractivity contribution is 7.21. The molecule has 3 aromatic rings. The summed E-state index contributed by atoms with van der Waals surface area (Å²) in [7, 11) is 0. The van der Waals surface area contributed by atoms with E-state index in [0.29, 0.717) is 11.5 Å². The van der Waals surface area contributed by atoms with Crippen LogP contribution in [0.15, 0.2) is 42.7 Å². The van der Waals surface area contributed by atoms with Gasteiger partial charge in [0.15, 0.2) is 0 Å². The van der Waals surface area contributed by atoms with Crippen molar-refractivity contribution in [3.63, 3.8) is 0 Å². The smallest absolute Gasteiger partial charge is 0.350 e. The third-order valence-electron chi connectivity index (χ3n) is 3.26. The van der Waals surface area contributed by atoms with E-state index in [-0.39, 0.29) is 5.97 Å². The van der Waals surface area contributed by atoms with Crippen LogP contribution in [0, 0.1) is 6.92 Å². The lowest BCUT2D eigenvalue weighted by Crippen LogP contribution is -2.05. The van der Waals surface area contributed by atoms with Crippen molar-refractivity contribution in [3.8, 4) is 0 Å². The molecule has 0 radical (unpaired) electrons. The number of benzene rings is 1. The lowest BCUT2D eigenvalue weighted by molar-refractivity contribution is 0.0533. The highest BCUT2D eigenvalue weighted by atomic mass is 32.1. The van der Waals surface area contributed by atoms with Gasteiger partial charge in [-0.15, -0.1) is 11.3 Å². The number of nitrogens with one attached hydrogen (secondary N) is 1. The van der Waals surface area contributed by atoms with Gasteiger partial charge in [-0.1, -0.05) is 12.1 Å². The van der Waals surface area contributed by atoms with Crippen LogP contribution in [-0.2, 0) is 4.74 Å². The molecule has 0 saturated heterocycles. The molecule has 0 bridgehead atoms. The number of esters is 1. The Morgan fingerprint density at radius 1 is 1.27 bits per heavy atom. The molecule has 0 aliphatic rings. The van der Waals surface area contributed by atoms with E-state index >= 15 is 0 Å². The molecule has 22 heavy (non-hydrogen) atoms. The first kappa shape index (κ1) is 14.5. The van der Waals surface area contributed by atoms with Crippen LogP contribution in [0.1, 0.15) is 22.2 Å². The van der Waals surface area contributed by atoms with Gasteiger partial charge in [-0.25, -0.2) is 4.79 Å². The van der Waals surface area contributed by atoms with Gasteiger partial charge >= 0.3 is 5.97 Å². The fourth-order valence-corrected chi connectivity index (χ4v) is 3.40. The molecule has 2 aromatic heterocycles. The number of fused-ring (bicyclic) bond motifs is 1. The number of nitrogens with zero attached hydrogens (tertiary/aromatic N) is 1. The Balaban J connectivity index is 2.12. The van der Waals surface area contributed by atoms with Crippen LogP contribution in [0.2, 0.25) is 0 Å². The van der Waals surface area contributed by atoms with Gasteiger partial charge in [-0.3, -0.25) is 4.98 Å². The number of carbonyl (C=O) groups excluding carboxylic acids is 1. The zero-order valence-electron chi connectivity index (χ0n) is 12.4. The van der Waals surface area contributed by atoms with Crippen LogP contribution in [0.4, 0.5) is 11.4 Å². The van der Waals surface area contributed by atoms with Crippen molar-refractivity contribution in [1.29, 1.82) is 0 Å². The van der Waals surface area contributed by atoms with Crippen LogP contribution >= 0.6 is 11.3 Å². The summed E-state index contributed by atoms with van der Waals surface area (Å²) < 4.78 is 6.25. The standard InChI is InChI=1S/C17H16N2O2S/c1-3-21-17(20)16-15(19-12-6-8-18-9-7-12)13-5-4-11(2)10-14(13)22-16/h4-10H,3H2,1-2H3,(H,18,19). The zero-order chi connectivity index (χ0) is 15.5. The van der Waals surface area contributed by atoms with Gasteiger partial charge in [0.05, 0.1) is 12.3 Å². The molecule has 0 atom stereocenters. The maximum absolute atomic E-state index is 12.2. The fraction of sp³-hybridized carbons (Fsp3) is 0.176. The molecular weight excluding hydrogens is 296 g/mol. The number of hydrogen-bond donors (Lipinski definition) is 1. The van der Waals surface area contributed by atoms with Crippen molar-refractivity contribution in [2.45, 2.75) is 13.8 Å². The van der Waals surface area contributed by atoms with E-state index < -0.39 is 0 Å². The largest absolute Gasteiger partial charge is 0.462 e. The highest BCUT2D eigenvalue weighted by Gasteiger charge is 2.19. The molecular formula is C17H16N2O2S. The molecule has 0 saturated carbocycles. The summed E-state index contributed by atoms with van der Waals surface area (Å²) in [4.78, 5) is 16.8. The normalized spacial score (nSPS) is 10.6. The summed E-state index contributed by atoms with van der Waals surface area (Å²) in [6.45, 7) is 4.21. The van der Waals surface area contributed by atoms with Crippen molar-refractivity contribution in [1.82, 2.24) is 4.98 Å². The quantitative estimate of drug-likeness (QED) is 0.719. The second-order valence-electron chi connectivity index (χ2n) is 4.89. The first-order valence-corrected chi connectivity index (χ1v) is 7.88. The number of pyridine rings is 1. The summed E-state index contributed by atoms with van der Waals surface area (Å²) in [5.74, 6) is -0.294. The Morgan fingerprint density at radius 3 is 2.77 bits per heavy atom. The Kier molecular flexibility index (Phi) is 4.06. The molecule has 0 unspecified atom stereocenters. The maximum Gasteiger partial charge on any atom is 0.350 e. The van der Waals surface area contributed by atoms with Gasteiger partial charge in [-0.2, -0.15) is 0 Å². The lowest BCUT2D eigenvalue weighted by atomic mass is 10.1. The zero-order valence-corrected chi connectivity index (χ0v) is 13.2. The Labute approximate surface area is 132 Å². The first-order chi connectivity index (χ1) is 10.7. The van der Waals surface area contributed by atoms with E-state index in [1.807, 2.05) is 38.1 Å². The molecule has 4 nitrogen and oxygen atoms in total. The summed E-state index contributed by atoms with van der Waals surface area (Å²) >= 11 is 1.45. The number of anilines is 2. The third-order valence-corrected chi connectivity index (χ3v) is 4.39. The molecule has 5 heteroatoms. The van der Waals surface area contributed by atoms with Gasteiger partial charge in [0, 0.05) is 28.2 Å². The van der Waals surface area contributed by atoms with Crippen molar-refractivity contribution < 1.29 is 9.53 Å². The predicted octanol–water partition coefficient (Wildman–Crippen LogP) is 4.53. The second kappa shape index (κ2) is 6.15. The minimum Gasteiger partial charge on any atom is -0.462 e. The average Bonchev–Trinajstić information content (AvgIpc) is 2.86. The van der Waals surface area contributed by atoms with Crippen LogP contribution in [-0.4, -0.2) is 17.6 Å². The molecule has 3 rings (SSSR count). The van der Waals surface area contributed by atoms with Crippen molar-refractivity contribution in [2.24, 2.45) is 0 Å². The molecule has 1 N–H and O–H groups in total. The number of rotatable bonds is 4. The summed E-state index contributed by atoms with van der Waals surface area (Å²) in [6, 6.07) is 9.90. The first-order valence-electron chi connectivity index (χ1n) is 7.06. The minimum atomic E-state index is -0.294. The van der Waals surface area contributed by atoms with Crippen molar-refractivity contribution >= 4 is 38.8 Å². The van der Waals surface area contributed by atoms with Crippen LogP contribution in [0.3, 0.4) is 0 Å². The number of carbonyl (C=O) groups is 1. The molecule has 112 valence electrons. The van der Waals surface area contributed by atoms with E-state index in [2.05, 4.69) is 16.4 Å². The van der Waals surface area contributed by atoms with Gasteiger partial charge in [0.1, 0.15) is 4.88 Å². The third kappa shape index (κ3) is 2.80. The number of thiophene rings is 1. The number of hydrogen-bond acceptors (Lipinski definition) is 5. The minimum absolute atomic E-state index is 0.294. The molecule has 1 aromatic carbocycles. The van der Waals surface area contributed by atoms with E-state index in [9.17, 15) is 4.79 Å². The van der Waals surface area contributed by atoms with Gasteiger partial charge < -0.3 is 10.1 Å². The van der Waals surface area contributed by atoms with Crippen LogP contribution in [0.25, 0.3) is 10.1 Å². The SMILES string of the molecule is CCOC(=O)c1sc2cc(C)ccc2c1Nc1ccncc1. The summed E-state index contributed by atoms with van der Waals surface area (Å²) in [6.07, 6.45) is 3.43. The van der Waals surface area contributed by atoms with E-state index in [0.717, 1.165) is 21.5 Å². The van der Waals surface area contributed by atoms with Crippen LogP contribution in [0.5, 0.6) is 0 Å². The topological polar surface area (TPSA) is 51.2 Å². The monoisotopic (exact) mass is 312 g/mol. The number of ether oxygens (including phenoxy) is 1. The lowest BCUT2D eigenvalue weighted by Gasteiger charge is -2.08. The molecule has 0 aliphatic heterocycles. The predicted molar refractivity (Wildman–Crippen MR) is 90.0 cm³/mol. The van der Waals surface area contributed by atoms with Gasteiger partial charge in [-0.05, 0) is 37.6 Å². The van der Waals surface area contributed by atoms with E-state index in [1.165, 1.54) is 16.9 Å². The Morgan fingerprint density at radius 2 is 2.05 bits per heavy atom. The summed E-state index contributed by atoms with van der Waals surface area (Å²) in [5.41, 5.74) is 2.85. The molecule has 0 fully saturated rings. The van der Waals surface area contributed by atoms with E-state index in [1.54, 1.807) is 12.4 Å². The fourth-order valence-electron chi connectivity index (χ4n) is 2.25. The van der Waals surface area contributed by atoms with Gasteiger partial charge in [0.2, 0.25) is 0 Å². The number of aryl methyl sites for hydroxylation is 1. The Hall–Kier alpha value is -2.40. The van der Waals surface area contributed by atoms with Crippen molar-refractivity contribution in [3.05, 3.63) is 53.2 Å². The van der Waals surface area contributed by atoms with Gasteiger partial charge in [0.25, 0.3) is 0 Å². The second-order valence-corrected chi connectivity index (χ2v) is 5.94. The Bertz CT molecular complexity index is 812. The summed E-state index contributed by atoms with van der Waals surface area (Å²) in [5, 5.41) is 4.35. The van der Waals surface area contributed by atoms with Crippen LogP contribution < -0.4 is 5.32 Å². The molecule has 0 spiro atoms. The number of aromatic nitrogens is 1. The molecule has 2 heterocycles. The molecule has 0 aliphatic carbocycles. The van der Waals surface area contributed by atoms with Crippen molar-refractivity contribution in [2.75, 3.05) is 11.9 Å². The van der Waals surface area contributed by atoms with E-state index in [4.69, 9.17) is 4.74 Å². The maximum atomic E-state index is 12.2.